The molecule has 40 heavy (non-hydrogen) atoms. The fourth-order valence-electron chi connectivity index (χ4n) is 5.22. The second kappa shape index (κ2) is 11.4. The first-order valence-corrected chi connectivity index (χ1v) is 13.1. The number of aryl methyl sites for hydroxylation is 1. The van der Waals surface area contributed by atoms with E-state index in [0.29, 0.717) is 34.4 Å². The Morgan fingerprint density at radius 2 is 1.80 bits per heavy atom. The van der Waals surface area contributed by atoms with E-state index in [1.165, 1.54) is 13.3 Å². The number of hydrogen-bond acceptors (Lipinski definition) is 7. The van der Waals surface area contributed by atoms with Gasteiger partial charge in [0.2, 0.25) is 0 Å². The second-order valence-electron chi connectivity index (χ2n) is 9.93. The largest absolute Gasteiger partial charge is 0.493 e. The number of ether oxygens (including phenoxy) is 2. The van der Waals surface area contributed by atoms with Crippen LogP contribution in [0.5, 0.6) is 11.5 Å². The highest BCUT2D eigenvalue weighted by molar-refractivity contribution is 6.00. The number of pyridine rings is 1. The lowest BCUT2D eigenvalue weighted by molar-refractivity contribution is -0.199. The monoisotopic (exact) mass is 559 g/mol. The van der Waals surface area contributed by atoms with E-state index in [0.717, 1.165) is 55.8 Å². The van der Waals surface area contributed by atoms with Crippen LogP contribution in [0.3, 0.4) is 0 Å². The molecule has 3 aromatic heterocycles. The van der Waals surface area contributed by atoms with E-state index in [1.807, 2.05) is 12.3 Å². The van der Waals surface area contributed by atoms with E-state index in [9.17, 15) is 18.0 Å². The van der Waals surface area contributed by atoms with Gasteiger partial charge in [0.25, 0.3) is 0 Å². The van der Waals surface area contributed by atoms with Crippen molar-refractivity contribution in [3.8, 4) is 22.8 Å². The maximum atomic E-state index is 13.2. The van der Waals surface area contributed by atoms with Crippen LogP contribution in [0.2, 0.25) is 0 Å². The van der Waals surface area contributed by atoms with E-state index < -0.39 is 12.1 Å². The third kappa shape index (κ3) is 5.59. The highest BCUT2D eigenvalue weighted by Crippen LogP contribution is 2.40. The summed E-state index contributed by atoms with van der Waals surface area (Å²) in [5.41, 5.74) is 1.75. The third-order valence-corrected chi connectivity index (χ3v) is 7.27. The van der Waals surface area contributed by atoms with Crippen LogP contribution >= 0.6 is 0 Å². The molecule has 0 saturated carbocycles. The Morgan fingerprint density at radius 3 is 2.55 bits per heavy atom. The van der Waals surface area contributed by atoms with Gasteiger partial charge >= 0.3 is 12.1 Å². The van der Waals surface area contributed by atoms with Gasteiger partial charge in [-0.3, -0.25) is 0 Å². The summed E-state index contributed by atoms with van der Waals surface area (Å²) in [6.45, 7) is 5.76. The number of benzene rings is 1. The zero-order valence-electron chi connectivity index (χ0n) is 22.7. The van der Waals surface area contributed by atoms with E-state index in [-0.39, 0.29) is 11.3 Å². The smallest absolute Gasteiger partial charge is 0.493 e. The molecule has 0 N–H and O–H groups in total. The summed E-state index contributed by atoms with van der Waals surface area (Å²) in [6, 6.07) is 8.66. The average Bonchev–Trinajstić information content (AvgIpc) is 3.39. The van der Waals surface area contributed by atoms with Crippen LogP contribution in [0, 0.1) is 0 Å². The molecule has 0 aliphatic carbocycles. The van der Waals surface area contributed by atoms with Gasteiger partial charge in [-0.05, 0) is 63.8 Å². The Morgan fingerprint density at radius 1 is 1.02 bits per heavy atom. The fraction of sp³-hybridized carbons (Fsp3) is 0.429. The van der Waals surface area contributed by atoms with Gasteiger partial charge in [0, 0.05) is 54.4 Å². The van der Waals surface area contributed by atoms with E-state index >= 15 is 0 Å². The SMILES string of the molecule is COc1cc2c(-c3cc4cccnc4n3OC(=O)C(F)(F)F)cn(CCCN3CCCN(C)CC3)c2cc1OC. The summed E-state index contributed by atoms with van der Waals surface area (Å²) in [4.78, 5) is 25.8. The molecular formula is C28H32F3N5O4. The molecule has 1 aromatic carbocycles. The van der Waals surface area contributed by atoms with Crippen LogP contribution in [0.15, 0.2) is 42.7 Å². The molecular weight excluding hydrogens is 527 g/mol. The first-order chi connectivity index (χ1) is 19.2. The lowest BCUT2D eigenvalue weighted by atomic mass is 10.1. The van der Waals surface area contributed by atoms with Crippen LogP contribution in [-0.4, -0.2) is 90.2 Å². The summed E-state index contributed by atoms with van der Waals surface area (Å²) in [5, 5.41) is 1.24. The topological polar surface area (TPSA) is 74.0 Å². The van der Waals surface area contributed by atoms with E-state index in [2.05, 4.69) is 26.4 Å². The predicted octanol–water partition coefficient (Wildman–Crippen LogP) is 4.22. The minimum atomic E-state index is -5.17. The number of halogens is 3. The Kier molecular flexibility index (Phi) is 7.90. The van der Waals surface area contributed by atoms with Crippen LogP contribution in [-0.2, 0) is 11.3 Å². The number of likely N-dealkylation sites (N-methyl/N-ethyl adjacent to an activating group) is 1. The standard InChI is InChI=1S/C28H32F3N5O4/c1-33-9-5-10-34(14-13-33)11-6-12-35-18-21(20-16-24(38-2)25(39-3)17-22(20)35)23-15-19-7-4-8-32-26(19)36(23)40-27(37)28(29,30)31/h4,7-8,15-18H,5-6,9-14H2,1-3H3. The molecule has 9 nitrogen and oxygen atoms in total. The maximum absolute atomic E-state index is 13.2. The Balaban J connectivity index is 1.57. The maximum Gasteiger partial charge on any atom is 0.493 e. The van der Waals surface area contributed by atoms with E-state index in [4.69, 9.17) is 14.3 Å². The molecule has 0 radical (unpaired) electrons. The highest BCUT2D eigenvalue weighted by atomic mass is 19.4. The number of fused-ring (bicyclic) bond motifs is 2. The molecule has 0 bridgehead atoms. The molecule has 4 heterocycles. The molecule has 214 valence electrons. The molecule has 1 aliphatic rings. The van der Waals surface area contributed by atoms with Gasteiger partial charge in [-0.1, -0.05) is 0 Å². The lowest BCUT2D eigenvalue weighted by Crippen LogP contribution is -2.33. The molecule has 5 rings (SSSR count). The molecule has 0 atom stereocenters. The van der Waals surface area contributed by atoms with Crippen molar-refractivity contribution >= 4 is 27.9 Å². The molecule has 12 heteroatoms. The Labute approximate surface area is 229 Å². The van der Waals surface area contributed by atoms with Crippen molar-refractivity contribution < 1.29 is 32.3 Å². The number of carbonyl (C=O) groups excluding carboxylic acids is 1. The van der Waals surface area contributed by atoms with Crippen molar-refractivity contribution in [2.24, 2.45) is 0 Å². The van der Waals surface area contributed by atoms with Gasteiger partial charge in [-0.25, -0.2) is 9.78 Å². The Hall–Kier alpha value is -3.77. The lowest BCUT2D eigenvalue weighted by Gasteiger charge is -2.20. The van der Waals surface area contributed by atoms with Crippen LogP contribution < -0.4 is 14.3 Å². The minimum absolute atomic E-state index is 0.0996. The molecule has 4 aromatic rings. The van der Waals surface area contributed by atoms with Crippen LogP contribution in [0.1, 0.15) is 12.8 Å². The van der Waals surface area contributed by atoms with Crippen LogP contribution in [0.4, 0.5) is 13.2 Å². The number of carbonyl (C=O) groups is 1. The van der Waals surface area contributed by atoms with Gasteiger partial charge in [0.05, 0.1) is 25.4 Å². The Bertz CT molecular complexity index is 1510. The number of alkyl halides is 3. The first kappa shape index (κ1) is 27.8. The fourth-order valence-corrected chi connectivity index (χ4v) is 5.22. The van der Waals surface area contributed by atoms with Gasteiger partial charge in [-0.2, -0.15) is 17.9 Å². The number of aromatic nitrogens is 3. The average molecular weight is 560 g/mol. The zero-order chi connectivity index (χ0) is 28.4. The number of methoxy groups -OCH3 is 2. The van der Waals surface area contributed by atoms with Crippen molar-refractivity contribution in [1.29, 1.82) is 0 Å². The van der Waals surface area contributed by atoms with Crippen molar-refractivity contribution in [2.45, 2.75) is 25.6 Å². The van der Waals surface area contributed by atoms with Gasteiger partial charge in [0.1, 0.15) is 0 Å². The van der Waals surface area contributed by atoms with Gasteiger partial charge < -0.3 is 28.7 Å². The quantitative estimate of drug-likeness (QED) is 0.320. The van der Waals surface area contributed by atoms with Crippen LogP contribution in [0.25, 0.3) is 33.2 Å². The van der Waals surface area contributed by atoms with Gasteiger partial charge in [0.15, 0.2) is 17.1 Å². The first-order valence-electron chi connectivity index (χ1n) is 13.1. The van der Waals surface area contributed by atoms with Crippen molar-refractivity contribution in [3.63, 3.8) is 0 Å². The summed E-state index contributed by atoms with van der Waals surface area (Å²) < 4.78 is 53.6. The molecule has 0 amide bonds. The van der Waals surface area contributed by atoms with Gasteiger partial charge in [-0.15, -0.1) is 0 Å². The van der Waals surface area contributed by atoms with E-state index in [1.54, 1.807) is 31.4 Å². The van der Waals surface area contributed by atoms with Crippen molar-refractivity contribution in [2.75, 3.05) is 54.0 Å². The molecule has 1 aliphatic heterocycles. The molecule has 0 spiro atoms. The number of rotatable bonds is 8. The summed E-state index contributed by atoms with van der Waals surface area (Å²) >= 11 is 0. The molecule has 1 saturated heterocycles. The van der Waals surface area contributed by atoms with Crippen molar-refractivity contribution in [1.82, 2.24) is 24.1 Å². The normalized spacial score (nSPS) is 15.4. The molecule has 0 unspecified atom stereocenters. The number of nitrogens with zero attached hydrogens (tertiary/aromatic N) is 5. The summed E-state index contributed by atoms with van der Waals surface area (Å²) in [5.74, 6) is -1.33. The zero-order valence-corrected chi connectivity index (χ0v) is 22.7. The number of hydrogen-bond donors (Lipinski definition) is 0. The third-order valence-electron chi connectivity index (χ3n) is 7.27. The second-order valence-corrected chi connectivity index (χ2v) is 9.93. The summed E-state index contributed by atoms with van der Waals surface area (Å²) in [7, 11) is 5.21. The molecule has 1 fully saturated rings. The predicted molar refractivity (Wildman–Crippen MR) is 145 cm³/mol. The highest BCUT2D eigenvalue weighted by Gasteiger charge is 2.42. The summed E-state index contributed by atoms with van der Waals surface area (Å²) in [6.07, 6.45) is 0.122. The minimum Gasteiger partial charge on any atom is -0.493 e. The van der Waals surface area contributed by atoms with Crippen molar-refractivity contribution in [3.05, 3.63) is 42.7 Å².